The van der Waals surface area contributed by atoms with Crippen LogP contribution in [0, 0.1) is 0 Å². The maximum Gasteiger partial charge on any atom is 0.345 e. The average Bonchev–Trinajstić information content (AvgIpc) is 2.89. The van der Waals surface area contributed by atoms with Gasteiger partial charge in [-0.15, -0.1) is 0 Å². The second-order valence-electron chi connectivity index (χ2n) is 8.47. The van der Waals surface area contributed by atoms with E-state index >= 15 is 0 Å². The third kappa shape index (κ3) is 5.46. The van der Waals surface area contributed by atoms with Crippen LogP contribution in [0.1, 0.15) is 52.1 Å². The standard InChI is InChI=1S/C30H24Cl2O4/c1-3-30(2,20-12-16-22(17-13-20)35-28(33)24-8-4-6-10-26(24)31)21-14-18-23(19-15-21)36-29(34)25-9-5-7-11-27(25)32/h4-19H,3H2,1-2H3. The van der Waals surface area contributed by atoms with Crippen molar-refractivity contribution in [2.24, 2.45) is 0 Å². The SMILES string of the molecule is CCC(C)(c1ccc(OC(=O)c2ccccc2Cl)cc1)c1ccc(OC(=O)c2ccccc2Cl)cc1. The molecule has 0 aliphatic heterocycles. The van der Waals surface area contributed by atoms with Crippen molar-refractivity contribution in [2.75, 3.05) is 0 Å². The highest BCUT2D eigenvalue weighted by atomic mass is 35.5. The molecule has 0 saturated carbocycles. The number of ether oxygens (including phenoxy) is 2. The molecule has 0 aliphatic rings. The summed E-state index contributed by atoms with van der Waals surface area (Å²) in [6, 6.07) is 28.4. The number of carbonyl (C=O) groups is 2. The number of halogens is 2. The summed E-state index contributed by atoms with van der Waals surface area (Å²) in [5.74, 6) is -0.144. The van der Waals surface area contributed by atoms with Gasteiger partial charge in [-0.05, 0) is 66.1 Å². The van der Waals surface area contributed by atoms with Crippen LogP contribution in [0.15, 0.2) is 97.1 Å². The second-order valence-corrected chi connectivity index (χ2v) is 9.29. The van der Waals surface area contributed by atoms with Crippen molar-refractivity contribution < 1.29 is 19.1 Å². The summed E-state index contributed by atoms with van der Waals surface area (Å²) in [5, 5.41) is 0.692. The Morgan fingerprint density at radius 1 is 0.639 bits per heavy atom. The first-order valence-corrected chi connectivity index (χ1v) is 12.2. The van der Waals surface area contributed by atoms with Crippen molar-refractivity contribution in [2.45, 2.75) is 25.7 Å². The Hall–Kier alpha value is -3.60. The van der Waals surface area contributed by atoms with Gasteiger partial charge in [-0.2, -0.15) is 0 Å². The molecule has 4 aromatic rings. The third-order valence-corrected chi connectivity index (χ3v) is 6.96. The molecule has 6 heteroatoms. The van der Waals surface area contributed by atoms with E-state index in [1.54, 1.807) is 72.8 Å². The van der Waals surface area contributed by atoms with Crippen LogP contribution in [-0.2, 0) is 5.41 Å². The van der Waals surface area contributed by atoms with E-state index in [0.717, 1.165) is 17.5 Å². The van der Waals surface area contributed by atoms with Gasteiger partial charge in [-0.3, -0.25) is 0 Å². The maximum atomic E-state index is 12.5. The predicted molar refractivity (Wildman–Crippen MR) is 142 cm³/mol. The van der Waals surface area contributed by atoms with E-state index in [2.05, 4.69) is 13.8 Å². The van der Waals surface area contributed by atoms with E-state index in [1.165, 1.54) is 0 Å². The smallest absolute Gasteiger partial charge is 0.345 e. The summed E-state index contributed by atoms with van der Waals surface area (Å²) in [5.41, 5.74) is 2.44. The van der Waals surface area contributed by atoms with E-state index < -0.39 is 11.9 Å². The maximum absolute atomic E-state index is 12.5. The lowest BCUT2D eigenvalue weighted by molar-refractivity contribution is 0.0725. The molecule has 0 atom stereocenters. The number of rotatable bonds is 7. The summed E-state index contributed by atoms with van der Waals surface area (Å²) in [6.07, 6.45) is 0.824. The van der Waals surface area contributed by atoms with Crippen molar-refractivity contribution in [3.05, 3.63) is 129 Å². The van der Waals surface area contributed by atoms with Gasteiger partial charge in [0, 0.05) is 5.41 Å². The molecule has 0 unspecified atom stereocenters. The lowest BCUT2D eigenvalue weighted by atomic mass is 9.74. The molecule has 4 nitrogen and oxygen atoms in total. The highest BCUT2D eigenvalue weighted by molar-refractivity contribution is 6.34. The molecule has 0 aliphatic carbocycles. The van der Waals surface area contributed by atoms with Crippen LogP contribution in [0.2, 0.25) is 10.0 Å². The minimum atomic E-state index is -0.506. The lowest BCUT2D eigenvalue weighted by Crippen LogP contribution is -2.22. The first kappa shape index (κ1) is 25.5. The Balaban J connectivity index is 1.49. The van der Waals surface area contributed by atoms with Crippen molar-refractivity contribution >= 4 is 35.1 Å². The Kier molecular flexibility index (Phi) is 7.78. The Bertz CT molecular complexity index is 1280. The number of hydrogen-bond acceptors (Lipinski definition) is 4. The zero-order valence-corrected chi connectivity index (χ0v) is 21.3. The molecule has 4 aromatic carbocycles. The molecular weight excluding hydrogens is 495 g/mol. The molecule has 0 heterocycles. The van der Waals surface area contributed by atoms with Crippen LogP contribution in [0.3, 0.4) is 0 Å². The van der Waals surface area contributed by atoms with Gasteiger partial charge < -0.3 is 9.47 Å². The largest absolute Gasteiger partial charge is 0.423 e. The van der Waals surface area contributed by atoms with Gasteiger partial charge >= 0.3 is 11.9 Å². The third-order valence-electron chi connectivity index (χ3n) is 6.30. The molecular formula is C30H24Cl2O4. The Labute approximate surface area is 220 Å². The van der Waals surface area contributed by atoms with Crippen LogP contribution in [0.5, 0.6) is 11.5 Å². The zero-order valence-electron chi connectivity index (χ0n) is 19.8. The molecule has 182 valence electrons. The van der Waals surface area contributed by atoms with Gasteiger partial charge in [0.2, 0.25) is 0 Å². The van der Waals surface area contributed by atoms with Crippen LogP contribution < -0.4 is 9.47 Å². The monoisotopic (exact) mass is 518 g/mol. The Morgan fingerprint density at radius 2 is 1.00 bits per heavy atom. The topological polar surface area (TPSA) is 52.6 Å². The number of hydrogen-bond donors (Lipinski definition) is 0. The van der Waals surface area contributed by atoms with E-state index in [-0.39, 0.29) is 5.41 Å². The minimum absolute atomic E-state index is 0.309. The molecule has 0 fully saturated rings. The van der Waals surface area contributed by atoms with Gasteiger partial charge in [0.1, 0.15) is 11.5 Å². The van der Waals surface area contributed by atoms with Gasteiger partial charge in [0.15, 0.2) is 0 Å². The van der Waals surface area contributed by atoms with E-state index in [0.29, 0.717) is 32.7 Å². The zero-order chi connectivity index (χ0) is 25.7. The molecule has 0 amide bonds. The van der Waals surface area contributed by atoms with Crippen molar-refractivity contribution in [1.82, 2.24) is 0 Å². The van der Waals surface area contributed by atoms with E-state index in [9.17, 15) is 9.59 Å². The summed E-state index contributed by atoms with van der Waals surface area (Å²) in [4.78, 5) is 24.9. The molecule has 0 saturated heterocycles. The van der Waals surface area contributed by atoms with Crippen LogP contribution in [0.25, 0.3) is 0 Å². The predicted octanol–water partition coefficient (Wildman–Crippen LogP) is 8.15. The van der Waals surface area contributed by atoms with Crippen LogP contribution in [0.4, 0.5) is 0 Å². The van der Waals surface area contributed by atoms with E-state index in [1.807, 2.05) is 24.3 Å². The second kappa shape index (κ2) is 11.0. The van der Waals surface area contributed by atoms with E-state index in [4.69, 9.17) is 32.7 Å². The van der Waals surface area contributed by atoms with Crippen LogP contribution >= 0.6 is 23.2 Å². The highest BCUT2D eigenvalue weighted by Crippen LogP contribution is 2.37. The van der Waals surface area contributed by atoms with Crippen LogP contribution in [-0.4, -0.2) is 11.9 Å². The van der Waals surface area contributed by atoms with Gasteiger partial charge in [-0.1, -0.05) is 85.6 Å². The van der Waals surface area contributed by atoms with Gasteiger partial charge in [0.25, 0.3) is 0 Å². The fraction of sp³-hybridized carbons (Fsp3) is 0.133. The number of carbonyl (C=O) groups excluding carboxylic acids is 2. The fourth-order valence-electron chi connectivity index (χ4n) is 3.93. The first-order valence-electron chi connectivity index (χ1n) is 11.5. The number of esters is 2. The summed E-state index contributed by atoms with van der Waals surface area (Å²) >= 11 is 12.2. The molecule has 4 rings (SSSR count). The Morgan fingerprint density at radius 3 is 1.33 bits per heavy atom. The van der Waals surface area contributed by atoms with Crippen molar-refractivity contribution in [1.29, 1.82) is 0 Å². The summed E-state index contributed by atoms with van der Waals surface area (Å²) < 4.78 is 11.0. The van der Waals surface area contributed by atoms with Crippen molar-refractivity contribution in [3.63, 3.8) is 0 Å². The fourth-order valence-corrected chi connectivity index (χ4v) is 4.36. The van der Waals surface area contributed by atoms with Gasteiger partial charge in [-0.25, -0.2) is 9.59 Å². The molecule has 0 bridgehead atoms. The molecule has 0 spiro atoms. The number of benzene rings is 4. The van der Waals surface area contributed by atoms with Gasteiger partial charge in [0.05, 0.1) is 21.2 Å². The molecule has 0 radical (unpaired) electrons. The minimum Gasteiger partial charge on any atom is -0.423 e. The molecule has 36 heavy (non-hydrogen) atoms. The van der Waals surface area contributed by atoms with Crippen molar-refractivity contribution in [3.8, 4) is 11.5 Å². The quantitative estimate of drug-likeness (QED) is 0.183. The molecule has 0 N–H and O–H groups in total. The normalized spacial score (nSPS) is 11.1. The highest BCUT2D eigenvalue weighted by Gasteiger charge is 2.27. The summed E-state index contributed by atoms with van der Waals surface area (Å²) in [6.45, 7) is 4.25. The lowest BCUT2D eigenvalue weighted by Gasteiger charge is -2.30. The molecule has 0 aromatic heterocycles. The first-order chi connectivity index (χ1) is 17.3. The average molecular weight is 519 g/mol. The summed E-state index contributed by atoms with van der Waals surface area (Å²) in [7, 11) is 0.